The molecular formula is C10H11NO2S2. The molecule has 0 atom stereocenters. The molecule has 3 nitrogen and oxygen atoms in total. The molecule has 1 rings (SSSR count). The Kier molecular flexibility index (Phi) is 5.28. The first-order valence-electron chi connectivity index (χ1n) is 4.20. The molecule has 0 bridgehead atoms. The maximum Gasteiger partial charge on any atom is 0.434 e. The summed E-state index contributed by atoms with van der Waals surface area (Å²) in [6, 6.07) is 9.76. The Morgan fingerprint density at radius 2 is 2.00 bits per heavy atom. The number of methoxy groups -OCH3 is 1. The van der Waals surface area contributed by atoms with E-state index in [0.717, 1.165) is 4.90 Å². The topological polar surface area (TPSA) is 38.7 Å². The van der Waals surface area contributed by atoms with Crippen molar-refractivity contribution < 1.29 is 9.53 Å². The number of hydrogen-bond acceptors (Lipinski definition) is 4. The highest BCUT2D eigenvalue weighted by Gasteiger charge is 2.04. The van der Waals surface area contributed by atoms with Crippen LogP contribution in [0, 0.1) is 0 Å². The van der Waals surface area contributed by atoms with E-state index in [1.807, 2.05) is 36.6 Å². The lowest BCUT2D eigenvalue weighted by atomic mass is 10.4. The van der Waals surface area contributed by atoms with Gasteiger partial charge in [-0.3, -0.25) is 0 Å². The van der Waals surface area contributed by atoms with E-state index in [1.165, 1.54) is 30.6 Å². The Hall–Kier alpha value is -0.940. The Balaban J connectivity index is 2.70. The van der Waals surface area contributed by atoms with E-state index in [2.05, 4.69) is 9.73 Å². The second-order valence-electron chi connectivity index (χ2n) is 2.47. The lowest BCUT2D eigenvalue weighted by molar-refractivity contribution is 0.183. The predicted molar refractivity (Wildman–Crippen MR) is 65.7 cm³/mol. The lowest BCUT2D eigenvalue weighted by Gasteiger charge is -2.01. The van der Waals surface area contributed by atoms with Crippen molar-refractivity contribution >= 4 is 34.0 Å². The zero-order chi connectivity index (χ0) is 11.1. The summed E-state index contributed by atoms with van der Waals surface area (Å²) in [4.78, 5) is 15.8. The minimum Gasteiger partial charge on any atom is -0.451 e. The molecule has 1 amide bonds. The third kappa shape index (κ3) is 4.40. The normalized spacial score (nSPS) is 11.2. The van der Waals surface area contributed by atoms with Gasteiger partial charge < -0.3 is 4.74 Å². The number of nitrogens with zero attached hydrogens (tertiary/aromatic N) is 1. The third-order valence-corrected chi connectivity index (χ3v) is 3.44. The van der Waals surface area contributed by atoms with E-state index in [9.17, 15) is 4.79 Å². The van der Waals surface area contributed by atoms with Gasteiger partial charge in [-0.15, -0.1) is 11.8 Å². The van der Waals surface area contributed by atoms with Crippen LogP contribution in [0.15, 0.2) is 40.2 Å². The monoisotopic (exact) mass is 241 g/mol. The zero-order valence-electron chi connectivity index (χ0n) is 8.47. The highest BCUT2D eigenvalue weighted by Crippen LogP contribution is 2.24. The highest BCUT2D eigenvalue weighted by molar-refractivity contribution is 8.38. The van der Waals surface area contributed by atoms with E-state index in [1.54, 1.807) is 0 Å². The van der Waals surface area contributed by atoms with E-state index >= 15 is 0 Å². The number of rotatable bonds is 1. The van der Waals surface area contributed by atoms with Crippen molar-refractivity contribution in [3.63, 3.8) is 0 Å². The molecule has 0 aliphatic carbocycles. The average molecular weight is 241 g/mol. The molecule has 0 unspecified atom stereocenters. The molecule has 0 aromatic heterocycles. The van der Waals surface area contributed by atoms with Crippen molar-refractivity contribution in [3.8, 4) is 0 Å². The van der Waals surface area contributed by atoms with Crippen LogP contribution in [-0.4, -0.2) is 23.8 Å². The molecule has 0 heterocycles. The van der Waals surface area contributed by atoms with Crippen molar-refractivity contribution in [2.24, 2.45) is 4.99 Å². The summed E-state index contributed by atoms with van der Waals surface area (Å²) in [5, 5.41) is 0. The van der Waals surface area contributed by atoms with E-state index in [0.29, 0.717) is 4.38 Å². The minimum atomic E-state index is -0.567. The van der Waals surface area contributed by atoms with Crippen LogP contribution in [0.2, 0.25) is 0 Å². The van der Waals surface area contributed by atoms with Gasteiger partial charge in [0.25, 0.3) is 0 Å². The molecular weight excluding hydrogens is 230 g/mol. The van der Waals surface area contributed by atoms with Crippen molar-refractivity contribution in [1.82, 2.24) is 0 Å². The first kappa shape index (κ1) is 12.1. The van der Waals surface area contributed by atoms with E-state index in [4.69, 9.17) is 0 Å². The third-order valence-electron chi connectivity index (χ3n) is 1.48. The molecule has 5 heteroatoms. The fraction of sp³-hybridized carbons (Fsp3) is 0.200. The summed E-state index contributed by atoms with van der Waals surface area (Å²) < 4.78 is 5.14. The SMILES string of the molecule is COC(=O)N=C(SC)Sc1ccccc1. The summed E-state index contributed by atoms with van der Waals surface area (Å²) in [5.41, 5.74) is 0. The van der Waals surface area contributed by atoms with Crippen LogP contribution in [0.1, 0.15) is 0 Å². The molecule has 1 aromatic rings. The smallest absolute Gasteiger partial charge is 0.434 e. The minimum absolute atomic E-state index is 0.567. The van der Waals surface area contributed by atoms with Crippen LogP contribution in [0.25, 0.3) is 0 Å². The van der Waals surface area contributed by atoms with Gasteiger partial charge in [0.15, 0.2) is 0 Å². The molecule has 0 fully saturated rings. The Morgan fingerprint density at radius 1 is 1.33 bits per heavy atom. The number of aliphatic imine (C=N–C) groups is 1. The maximum atomic E-state index is 10.9. The molecule has 15 heavy (non-hydrogen) atoms. The summed E-state index contributed by atoms with van der Waals surface area (Å²) in [7, 11) is 1.32. The quantitative estimate of drug-likeness (QED) is 0.430. The van der Waals surface area contributed by atoms with Crippen molar-refractivity contribution in [3.05, 3.63) is 30.3 Å². The fourth-order valence-corrected chi connectivity index (χ4v) is 2.22. The van der Waals surface area contributed by atoms with Gasteiger partial charge in [0.05, 0.1) is 7.11 Å². The molecule has 0 saturated carbocycles. The van der Waals surface area contributed by atoms with Gasteiger partial charge in [0.1, 0.15) is 4.38 Å². The molecule has 0 N–H and O–H groups in total. The van der Waals surface area contributed by atoms with Crippen LogP contribution in [-0.2, 0) is 4.74 Å². The number of carbonyl (C=O) groups excluding carboxylic acids is 1. The van der Waals surface area contributed by atoms with Gasteiger partial charge >= 0.3 is 6.09 Å². The Bertz CT molecular complexity index is 352. The predicted octanol–water partition coefficient (Wildman–Crippen LogP) is 3.26. The van der Waals surface area contributed by atoms with Crippen molar-refractivity contribution in [2.75, 3.05) is 13.4 Å². The number of hydrogen-bond donors (Lipinski definition) is 0. The van der Waals surface area contributed by atoms with Gasteiger partial charge in [-0.2, -0.15) is 4.99 Å². The molecule has 0 radical (unpaired) electrons. The number of carbonyl (C=O) groups is 1. The largest absolute Gasteiger partial charge is 0.451 e. The summed E-state index contributed by atoms with van der Waals surface area (Å²) in [6.07, 6.45) is 1.31. The van der Waals surface area contributed by atoms with Gasteiger partial charge in [-0.1, -0.05) is 30.0 Å². The van der Waals surface area contributed by atoms with Crippen LogP contribution < -0.4 is 0 Å². The number of amides is 1. The summed E-state index contributed by atoms with van der Waals surface area (Å²) >= 11 is 2.87. The lowest BCUT2D eigenvalue weighted by Crippen LogP contribution is -1.96. The second-order valence-corrected chi connectivity index (χ2v) is 4.58. The Morgan fingerprint density at radius 3 is 2.53 bits per heavy atom. The standard InChI is InChI=1S/C10H11NO2S2/c1-13-9(12)11-10(14-2)15-8-6-4-3-5-7-8/h3-7H,1-2H3. The molecule has 0 spiro atoms. The molecule has 80 valence electrons. The van der Waals surface area contributed by atoms with Crippen molar-refractivity contribution in [1.29, 1.82) is 0 Å². The number of benzene rings is 1. The van der Waals surface area contributed by atoms with Gasteiger partial charge in [-0.25, -0.2) is 4.79 Å². The maximum absolute atomic E-state index is 10.9. The van der Waals surface area contributed by atoms with Gasteiger partial charge in [0.2, 0.25) is 0 Å². The molecule has 0 aliphatic heterocycles. The molecule has 0 aliphatic rings. The van der Waals surface area contributed by atoms with Crippen LogP contribution in [0.5, 0.6) is 0 Å². The number of thioether (sulfide) groups is 2. The van der Waals surface area contributed by atoms with Crippen LogP contribution in [0.4, 0.5) is 4.79 Å². The highest BCUT2D eigenvalue weighted by atomic mass is 32.2. The Labute approximate surface area is 97.3 Å². The number of ether oxygens (including phenoxy) is 1. The summed E-state index contributed by atoms with van der Waals surface area (Å²) in [5.74, 6) is 0. The molecule has 1 aromatic carbocycles. The van der Waals surface area contributed by atoms with Crippen LogP contribution in [0.3, 0.4) is 0 Å². The van der Waals surface area contributed by atoms with Gasteiger partial charge in [-0.05, 0) is 18.4 Å². The van der Waals surface area contributed by atoms with E-state index in [-0.39, 0.29) is 0 Å². The molecule has 0 saturated heterocycles. The fourth-order valence-electron chi connectivity index (χ4n) is 0.820. The second kappa shape index (κ2) is 6.53. The van der Waals surface area contributed by atoms with Crippen LogP contribution >= 0.6 is 23.5 Å². The summed E-state index contributed by atoms with van der Waals surface area (Å²) in [6.45, 7) is 0. The first-order chi connectivity index (χ1) is 7.26. The average Bonchev–Trinajstić information content (AvgIpc) is 2.29. The van der Waals surface area contributed by atoms with E-state index < -0.39 is 6.09 Å². The van der Waals surface area contributed by atoms with Gasteiger partial charge in [0, 0.05) is 4.90 Å². The first-order valence-corrected chi connectivity index (χ1v) is 6.24. The van der Waals surface area contributed by atoms with Crippen molar-refractivity contribution in [2.45, 2.75) is 4.90 Å². The zero-order valence-corrected chi connectivity index (χ0v) is 10.1.